The number of alkyl halides is 2. The summed E-state index contributed by atoms with van der Waals surface area (Å²) in [5.41, 5.74) is 0. The van der Waals surface area contributed by atoms with Crippen LogP contribution in [-0.4, -0.2) is 53.5 Å². The molecule has 1 heterocycles. The number of rotatable bonds is 5. The van der Waals surface area contributed by atoms with Crippen LogP contribution < -0.4 is 5.32 Å². The number of halogens is 2. The number of methoxy groups -OCH3 is 1. The summed E-state index contributed by atoms with van der Waals surface area (Å²) >= 11 is 0. The van der Waals surface area contributed by atoms with Gasteiger partial charge < -0.3 is 15.2 Å². The number of hydrogen-bond acceptors (Lipinski definition) is 4. The number of terminal acetylenes is 1. The number of aliphatic hydroxyl groups is 1. The van der Waals surface area contributed by atoms with E-state index in [0.29, 0.717) is 6.42 Å². The third-order valence-corrected chi connectivity index (χ3v) is 5.31. The van der Waals surface area contributed by atoms with Gasteiger partial charge in [0, 0.05) is 18.9 Å². The quantitative estimate of drug-likeness (QED) is 0.587. The topological polar surface area (TPSA) is 61.8 Å². The van der Waals surface area contributed by atoms with Crippen molar-refractivity contribution in [2.24, 2.45) is 5.92 Å². The highest BCUT2D eigenvalue weighted by atomic mass is 19.3. The standard InChI is InChI=1S/C18H26F2N2O3/c1-4-13-6-7-14(5-2)22(13)16(23)15(21-17(24)25-3)12-8-10-18(19,20)11-9-12/h1,5,12-16,23H,2,6-11H2,3H3,(H,21,24). The highest BCUT2D eigenvalue weighted by Gasteiger charge is 2.45. The zero-order valence-electron chi connectivity index (χ0n) is 14.5. The molecule has 1 aliphatic carbocycles. The van der Waals surface area contributed by atoms with Crippen molar-refractivity contribution < 1.29 is 23.4 Å². The summed E-state index contributed by atoms with van der Waals surface area (Å²) in [7, 11) is 1.22. The third-order valence-electron chi connectivity index (χ3n) is 5.31. The normalized spacial score (nSPS) is 29.4. The smallest absolute Gasteiger partial charge is 0.407 e. The molecular formula is C18H26F2N2O3. The van der Waals surface area contributed by atoms with Gasteiger partial charge in [0.1, 0.15) is 6.23 Å². The van der Waals surface area contributed by atoms with E-state index in [0.717, 1.165) is 6.42 Å². The second-order valence-corrected chi connectivity index (χ2v) is 6.78. The largest absolute Gasteiger partial charge is 0.453 e. The fourth-order valence-electron chi connectivity index (χ4n) is 3.89. The molecule has 7 heteroatoms. The Morgan fingerprint density at radius 1 is 1.44 bits per heavy atom. The van der Waals surface area contributed by atoms with E-state index in [-0.39, 0.29) is 43.7 Å². The van der Waals surface area contributed by atoms with Gasteiger partial charge in [-0.25, -0.2) is 13.6 Å². The maximum Gasteiger partial charge on any atom is 0.407 e. The van der Waals surface area contributed by atoms with Crippen molar-refractivity contribution in [1.82, 2.24) is 10.2 Å². The second-order valence-electron chi connectivity index (χ2n) is 6.78. The van der Waals surface area contributed by atoms with E-state index in [9.17, 15) is 18.7 Å². The van der Waals surface area contributed by atoms with Gasteiger partial charge >= 0.3 is 6.09 Å². The number of hydrogen-bond donors (Lipinski definition) is 2. The van der Waals surface area contributed by atoms with Gasteiger partial charge in [0.15, 0.2) is 0 Å². The fourth-order valence-corrected chi connectivity index (χ4v) is 3.89. The number of nitrogens with zero attached hydrogens (tertiary/aromatic N) is 1. The van der Waals surface area contributed by atoms with E-state index in [4.69, 9.17) is 6.42 Å². The van der Waals surface area contributed by atoms with Crippen LogP contribution >= 0.6 is 0 Å². The van der Waals surface area contributed by atoms with Crippen LogP contribution in [-0.2, 0) is 4.74 Å². The first-order valence-corrected chi connectivity index (χ1v) is 8.59. The first-order valence-electron chi connectivity index (χ1n) is 8.59. The van der Waals surface area contributed by atoms with Gasteiger partial charge in [-0.3, -0.25) is 4.90 Å². The number of nitrogens with one attached hydrogen (secondary N) is 1. The van der Waals surface area contributed by atoms with E-state index in [1.165, 1.54) is 7.11 Å². The van der Waals surface area contributed by atoms with Crippen molar-refractivity contribution in [3.8, 4) is 12.3 Å². The average molecular weight is 356 g/mol. The highest BCUT2D eigenvalue weighted by molar-refractivity contribution is 5.67. The molecule has 5 nitrogen and oxygen atoms in total. The lowest BCUT2D eigenvalue weighted by Gasteiger charge is -2.41. The van der Waals surface area contributed by atoms with Gasteiger partial charge in [-0.15, -0.1) is 13.0 Å². The average Bonchev–Trinajstić information content (AvgIpc) is 3.02. The lowest BCUT2D eigenvalue weighted by Crippen LogP contribution is -2.58. The molecule has 0 aromatic carbocycles. The number of amides is 1. The Balaban J connectivity index is 2.20. The predicted octanol–water partition coefficient (Wildman–Crippen LogP) is 2.51. The molecule has 2 fully saturated rings. The molecule has 0 aromatic heterocycles. The third kappa shape index (κ3) is 4.50. The van der Waals surface area contributed by atoms with E-state index < -0.39 is 24.3 Å². The number of carbonyl (C=O) groups is 1. The van der Waals surface area contributed by atoms with Gasteiger partial charge in [0.05, 0.1) is 19.2 Å². The van der Waals surface area contributed by atoms with Crippen molar-refractivity contribution in [3.63, 3.8) is 0 Å². The molecule has 2 rings (SSSR count). The second kappa shape index (κ2) is 8.15. The lowest BCUT2D eigenvalue weighted by atomic mass is 9.81. The minimum Gasteiger partial charge on any atom is -0.453 e. The Kier molecular flexibility index (Phi) is 6.42. The van der Waals surface area contributed by atoms with Crippen molar-refractivity contribution in [2.45, 2.75) is 68.8 Å². The molecule has 1 aliphatic heterocycles. The SMILES string of the molecule is C#CC1CCC(C=C)N1C(O)C(NC(=O)OC)C1CCC(F)(F)CC1. The molecule has 0 spiro atoms. The molecule has 1 saturated heterocycles. The van der Waals surface area contributed by atoms with Crippen LogP contribution in [0.5, 0.6) is 0 Å². The monoisotopic (exact) mass is 356 g/mol. The Labute approximate surface area is 147 Å². The van der Waals surface area contributed by atoms with Crippen molar-refractivity contribution in [1.29, 1.82) is 0 Å². The first kappa shape index (κ1) is 19.7. The van der Waals surface area contributed by atoms with Gasteiger partial charge in [-0.05, 0) is 31.6 Å². The molecule has 1 amide bonds. The van der Waals surface area contributed by atoms with E-state index in [1.54, 1.807) is 11.0 Å². The van der Waals surface area contributed by atoms with Gasteiger partial charge in [-0.1, -0.05) is 12.0 Å². The van der Waals surface area contributed by atoms with Crippen LogP contribution in [0, 0.1) is 18.3 Å². The summed E-state index contributed by atoms with van der Waals surface area (Å²) in [4.78, 5) is 13.5. The Hall–Kier alpha value is -1.65. The summed E-state index contributed by atoms with van der Waals surface area (Å²) in [6.45, 7) is 3.78. The van der Waals surface area contributed by atoms with E-state index in [1.807, 2.05) is 0 Å². The van der Waals surface area contributed by atoms with Crippen LogP contribution in [0.1, 0.15) is 38.5 Å². The van der Waals surface area contributed by atoms with Crippen LogP contribution in [0.4, 0.5) is 13.6 Å². The van der Waals surface area contributed by atoms with Crippen LogP contribution in [0.25, 0.3) is 0 Å². The van der Waals surface area contributed by atoms with Crippen molar-refractivity contribution >= 4 is 6.09 Å². The molecule has 1 saturated carbocycles. The van der Waals surface area contributed by atoms with Gasteiger partial charge in [-0.2, -0.15) is 0 Å². The summed E-state index contributed by atoms with van der Waals surface area (Å²) in [6, 6.07) is -1.15. The molecular weight excluding hydrogens is 330 g/mol. The molecule has 4 atom stereocenters. The summed E-state index contributed by atoms with van der Waals surface area (Å²) in [6.07, 6.45) is 6.86. The zero-order valence-corrected chi connectivity index (χ0v) is 14.5. The zero-order chi connectivity index (χ0) is 18.6. The van der Waals surface area contributed by atoms with E-state index in [2.05, 4.69) is 22.6 Å². The van der Waals surface area contributed by atoms with Crippen LogP contribution in [0.15, 0.2) is 12.7 Å². The molecule has 0 radical (unpaired) electrons. The molecule has 0 aromatic rings. The van der Waals surface area contributed by atoms with E-state index >= 15 is 0 Å². The number of likely N-dealkylation sites (tertiary alicyclic amines) is 1. The highest BCUT2D eigenvalue weighted by Crippen LogP contribution is 2.39. The molecule has 0 bridgehead atoms. The summed E-state index contributed by atoms with van der Waals surface area (Å²) in [5, 5.41) is 13.6. The predicted molar refractivity (Wildman–Crippen MR) is 89.9 cm³/mol. The minimum atomic E-state index is -2.68. The number of aliphatic hydroxyl groups excluding tert-OH is 1. The minimum absolute atomic E-state index is 0.122. The maximum atomic E-state index is 13.5. The molecule has 2 N–H and O–H groups in total. The lowest BCUT2D eigenvalue weighted by molar-refractivity contribution is -0.0815. The molecule has 25 heavy (non-hydrogen) atoms. The van der Waals surface area contributed by atoms with Crippen LogP contribution in [0.3, 0.4) is 0 Å². The number of alkyl carbamates (subject to hydrolysis) is 1. The molecule has 140 valence electrons. The molecule has 4 unspecified atom stereocenters. The first-order chi connectivity index (χ1) is 11.8. The Bertz CT molecular complexity index is 525. The van der Waals surface area contributed by atoms with Crippen molar-refractivity contribution in [3.05, 3.63) is 12.7 Å². The summed E-state index contributed by atoms with van der Waals surface area (Å²) in [5.74, 6) is -0.312. The fraction of sp³-hybridized carbons (Fsp3) is 0.722. The van der Waals surface area contributed by atoms with Gasteiger partial charge in [0.25, 0.3) is 0 Å². The maximum absolute atomic E-state index is 13.5. The Morgan fingerprint density at radius 3 is 2.60 bits per heavy atom. The Morgan fingerprint density at radius 2 is 2.08 bits per heavy atom. The van der Waals surface area contributed by atoms with Gasteiger partial charge in [0.2, 0.25) is 5.92 Å². The molecule has 2 aliphatic rings. The van der Waals surface area contributed by atoms with Crippen LogP contribution in [0.2, 0.25) is 0 Å². The number of ether oxygens (including phenoxy) is 1. The number of carbonyl (C=O) groups excluding carboxylic acids is 1. The summed E-state index contributed by atoms with van der Waals surface area (Å²) < 4.78 is 31.6. The van der Waals surface area contributed by atoms with Crippen molar-refractivity contribution in [2.75, 3.05) is 7.11 Å².